The minimum Gasteiger partial charge on any atom is -0.444 e. The number of nitro benzene ring substituents is 1. The maximum absolute atomic E-state index is 11.9. The quantitative estimate of drug-likeness (QED) is 0.683. The van der Waals surface area contributed by atoms with E-state index in [1.54, 1.807) is 12.1 Å². The van der Waals surface area contributed by atoms with Crippen molar-refractivity contribution in [2.75, 3.05) is 18.0 Å². The van der Waals surface area contributed by atoms with Crippen molar-refractivity contribution in [3.8, 4) is 0 Å². The van der Waals surface area contributed by atoms with Crippen LogP contribution < -0.4 is 10.2 Å². The van der Waals surface area contributed by atoms with Crippen molar-refractivity contribution in [3.63, 3.8) is 0 Å². The molecule has 1 N–H and O–H groups in total. The van der Waals surface area contributed by atoms with Gasteiger partial charge in [-0.25, -0.2) is 4.79 Å². The van der Waals surface area contributed by atoms with Gasteiger partial charge in [0, 0.05) is 37.0 Å². The van der Waals surface area contributed by atoms with Crippen LogP contribution in [0.5, 0.6) is 0 Å². The van der Waals surface area contributed by atoms with Crippen LogP contribution in [-0.2, 0) is 4.74 Å². The summed E-state index contributed by atoms with van der Waals surface area (Å²) in [6, 6.07) is 6.50. The average molecular weight is 321 g/mol. The standard InChI is InChI=1S/C16H23N3O4/c1-16(2,3)23-15(20)17-12-5-4-10-18(11-12)13-6-8-14(9-7-13)19(21)22/h6-9,12H,4-5,10-11H2,1-3H3,(H,17,20)/t12-/m0/s1. The first kappa shape index (κ1) is 17.1. The average Bonchev–Trinajstić information content (AvgIpc) is 2.45. The molecule has 1 amide bonds. The number of ether oxygens (including phenoxy) is 1. The van der Waals surface area contributed by atoms with Gasteiger partial charge < -0.3 is 15.0 Å². The van der Waals surface area contributed by atoms with E-state index in [1.165, 1.54) is 12.1 Å². The number of anilines is 1. The molecule has 0 spiro atoms. The van der Waals surface area contributed by atoms with Crippen molar-refractivity contribution in [1.29, 1.82) is 0 Å². The van der Waals surface area contributed by atoms with E-state index >= 15 is 0 Å². The number of amides is 1. The van der Waals surface area contributed by atoms with Crippen molar-refractivity contribution < 1.29 is 14.5 Å². The van der Waals surface area contributed by atoms with Crippen molar-refractivity contribution in [2.45, 2.75) is 45.3 Å². The predicted octanol–water partition coefficient (Wildman–Crippen LogP) is 3.09. The molecule has 1 heterocycles. The lowest BCUT2D eigenvalue weighted by Crippen LogP contribution is -2.49. The van der Waals surface area contributed by atoms with Crippen LogP contribution in [-0.4, -0.2) is 35.7 Å². The fourth-order valence-electron chi connectivity index (χ4n) is 2.59. The van der Waals surface area contributed by atoms with Gasteiger partial charge in [-0.05, 0) is 45.7 Å². The molecule has 1 aliphatic heterocycles. The summed E-state index contributed by atoms with van der Waals surface area (Å²) in [5.41, 5.74) is 0.483. The lowest BCUT2D eigenvalue weighted by molar-refractivity contribution is -0.384. The maximum atomic E-state index is 11.9. The van der Waals surface area contributed by atoms with Crippen molar-refractivity contribution in [1.82, 2.24) is 5.32 Å². The number of nitrogens with one attached hydrogen (secondary N) is 1. The second-order valence-electron chi connectivity index (χ2n) is 6.70. The lowest BCUT2D eigenvalue weighted by Gasteiger charge is -2.35. The van der Waals surface area contributed by atoms with Crippen LogP contribution in [0.1, 0.15) is 33.6 Å². The molecule has 126 valence electrons. The summed E-state index contributed by atoms with van der Waals surface area (Å²) < 4.78 is 5.28. The molecule has 0 aromatic heterocycles. The molecule has 1 fully saturated rings. The van der Waals surface area contributed by atoms with Crippen LogP contribution >= 0.6 is 0 Å². The van der Waals surface area contributed by atoms with Gasteiger partial charge in [0.1, 0.15) is 5.60 Å². The highest BCUT2D eigenvalue weighted by molar-refractivity contribution is 5.68. The molecule has 1 aliphatic rings. The normalized spacial score (nSPS) is 18.4. The van der Waals surface area contributed by atoms with Gasteiger partial charge in [0.2, 0.25) is 0 Å². The summed E-state index contributed by atoms with van der Waals surface area (Å²) in [7, 11) is 0. The molecule has 7 heteroatoms. The van der Waals surface area contributed by atoms with Gasteiger partial charge >= 0.3 is 6.09 Å². The molecule has 1 aromatic carbocycles. The molecule has 1 atom stereocenters. The third-order valence-corrected chi connectivity index (χ3v) is 3.57. The number of carbonyl (C=O) groups excluding carboxylic acids is 1. The zero-order valence-electron chi connectivity index (χ0n) is 13.7. The Bertz CT molecular complexity index is 566. The van der Waals surface area contributed by atoms with Gasteiger partial charge in [-0.1, -0.05) is 0 Å². The van der Waals surface area contributed by atoms with Gasteiger partial charge in [0.05, 0.1) is 4.92 Å². The van der Waals surface area contributed by atoms with Crippen LogP contribution in [0.3, 0.4) is 0 Å². The number of non-ortho nitro benzene ring substituents is 1. The largest absolute Gasteiger partial charge is 0.444 e. The smallest absolute Gasteiger partial charge is 0.407 e. The van der Waals surface area contributed by atoms with Gasteiger partial charge in [-0.3, -0.25) is 10.1 Å². The second kappa shape index (κ2) is 6.85. The second-order valence-corrected chi connectivity index (χ2v) is 6.70. The summed E-state index contributed by atoms with van der Waals surface area (Å²) in [5.74, 6) is 0. The first-order valence-corrected chi connectivity index (χ1v) is 7.73. The highest BCUT2D eigenvalue weighted by Gasteiger charge is 2.24. The molecule has 0 saturated carbocycles. The van der Waals surface area contributed by atoms with Crippen LogP contribution in [0.15, 0.2) is 24.3 Å². The summed E-state index contributed by atoms with van der Waals surface area (Å²) in [6.45, 7) is 7.02. The van der Waals surface area contributed by atoms with E-state index in [9.17, 15) is 14.9 Å². The molecule has 2 rings (SSSR count). The monoisotopic (exact) mass is 321 g/mol. The summed E-state index contributed by atoms with van der Waals surface area (Å²) in [6.07, 6.45) is 1.42. The topological polar surface area (TPSA) is 84.7 Å². The van der Waals surface area contributed by atoms with Crippen molar-refractivity contribution >= 4 is 17.5 Å². The molecule has 0 bridgehead atoms. The molecule has 0 radical (unpaired) electrons. The van der Waals surface area contributed by atoms with Crippen LogP contribution in [0, 0.1) is 10.1 Å². The molecule has 1 saturated heterocycles. The zero-order valence-corrected chi connectivity index (χ0v) is 13.7. The third-order valence-electron chi connectivity index (χ3n) is 3.57. The highest BCUT2D eigenvalue weighted by atomic mass is 16.6. The van der Waals surface area contributed by atoms with Gasteiger partial charge in [-0.2, -0.15) is 0 Å². The molecule has 0 aliphatic carbocycles. The minimum atomic E-state index is -0.517. The number of alkyl carbamates (subject to hydrolysis) is 1. The third kappa shape index (κ3) is 5.12. The summed E-state index contributed by atoms with van der Waals surface area (Å²) in [4.78, 5) is 24.3. The molecular weight excluding hydrogens is 298 g/mol. The van der Waals surface area contributed by atoms with Gasteiger partial charge in [0.15, 0.2) is 0 Å². The molecular formula is C16H23N3O4. The Kier molecular flexibility index (Phi) is 5.08. The Morgan fingerprint density at radius 1 is 1.35 bits per heavy atom. The fraction of sp³-hybridized carbons (Fsp3) is 0.562. The van der Waals surface area contributed by atoms with Crippen molar-refractivity contribution in [2.24, 2.45) is 0 Å². The maximum Gasteiger partial charge on any atom is 0.407 e. The van der Waals surface area contributed by atoms with Crippen molar-refractivity contribution in [3.05, 3.63) is 34.4 Å². The first-order valence-electron chi connectivity index (χ1n) is 7.73. The number of hydrogen-bond donors (Lipinski definition) is 1. The predicted molar refractivity (Wildman–Crippen MR) is 87.7 cm³/mol. The Labute approximate surface area is 135 Å². The number of carbonyl (C=O) groups is 1. The van der Waals surface area contributed by atoms with E-state index < -0.39 is 16.6 Å². The Balaban J connectivity index is 1.95. The van der Waals surface area contributed by atoms with E-state index in [0.717, 1.165) is 25.1 Å². The number of hydrogen-bond acceptors (Lipinski definition) is 5. The number of benzene rings is 1. The minimum absolute atomic E-state index is 0.00814. The van der Waals surface area contributed by atoms with Crippen LogP contribution in [0.2, 0.25) is 0 Å². The SMILES string of the molecule is CC(C)(C)OC(=O)N[C@H]1CCCN(c2ccc([N+](=O)[O-])cc2)C1. The highest BCUT2D eigenvalue weighted by Crippen LogP contribution is 2.23. The first-order chi connectivity index (χ1) is 10.7. The van der Waals surface area contributed by atoms with E-state index in [1.807, 2.05) is 20.8 Å². The number of nitro groups is 1. The lowest BCUT2D eigenvalue weighted by atomic mass is 10.0. The fourth-order valence-corrected chi connectivity index (χ4v) is 2.59. The molecule has 23 heavy (non-hydrogen) atoms. The van der Waals surface area contributed by atoms with E-state index in [2.05, 4.69) is 10.2 Å². The zero-order chi connectivity index (χ0) is 17.0. The van der Waals surface area contributed by atoms with Crippen LogP contribution in [0.25, 0.3) is 0 Å². The Morgan fingerprint density at radius 3 is 2.57 bits per heavy atom. The van der Waals surface area contributed by atoms with Gasteiger partial charge in [0.25, 0.3) is 5.69 Å². The summed E-state index contributed by atoms with van der Waals surface area (Å²) in [5, 5.41) is 13.6. The number of nitrogens with zero attached hydrogens (tertiary/aromatic N) is 2. The molecule has 0 unspecified atom stereocenters. The van der Waals surface area contributed by atoms with Crippen LogP contribution in [0.4, 0.5) is 16.2 Å². The Morgan fingerprint density at radius 2 is 2.00 bits per heavy atom. The van der Waals surface area contributed by atoms with E-state index in [4.69, 9.17) is 4.74 Å². The molecule has 7 nitrogen and oxygen atoms in total. The van der Waals surface area contributed by atoms with E-state index in [0.29, 0.717) is 6.54 Å². The number of piperidine rings is 1. The number of rotatable bonds is 3. The van der Waals surface area contributed by atoms with E-state index in [-0.39, 0.29) is 11.7 Å². The van der Waals surface area contributed by atoms with Gasteiger partial charge in [-0.15, -0.1) is 0 Å². The Hall–Kier alpha value is -2.31. The molecule has 1 aromatic rings. The summed E-state index contributed by atoms with van der Waals surface area (Å²) >= 11 is 0.